The molecule has 2 rings (SSSR count). The van der Waals surface area contributed by atoms with E-state index in [1.54, 1.807) is 24.3 Å². The molecule has 2 N–H and O–H groups in total. The highest BCUT2D eigenvalue weighted by atomic mass is 35.5. The molecule has 0 fully saturated rings. The molecule has 0 aliphatic rings. The largest absolute Gasteiger partial charge is 0.416 e. The van der Waals surface area contributed by atoms with E-state index in [4.69, 9.17) is 11.6 Å². The van der Waals surface area contributed by atoms with Crippen LogP contribution in [0.15, 0.2) is 48.5 Å². The maximum Gasteiger partial charge on any atom is 0.416 e. The average molecular weight is 357 g/mol. The van der Waals surface area contributed by atoms with Gasteiger partial charge in [0.15, 0.2) is 0 Å². The molecule has 1 amide bonds. The number of carbonyl (C=O) groups excluding carboxylic acids is 1. The quantitative estimate of drug-likeness (QED) is 0.818. The summed E-state index contributed by atoms with van der Waals surface area (Å²) in [7, 11) is 0. The maximum absolute atomic E-state index is 12.8. The lowest BCUT2D eigenvalue weighted by Crippen LogP contribution is -2.33. The van der Waals surface area contributed by atoms with Crippen LogP contribution >= 0.6 is 11.6 Å². The highest BCUT2D eigenvalue weighted by Crippen LogP contribution is 2.34. The predicted molar refractivity (Wildman–Crippen MR) is 87.9 cm³/mol. The Morgan fingerprint density at radius 3 is 2.42 bits per heavy atom. The number of anilines is 1. The van der Waals surface area contributed by atoms with Crippen molar-refractivity contribution in [1.82, 2.24) is 5.32 Å². The molecule has 3 nitrogen and oxygen atoms in total. The first kappa shape index (κ1) is 18.3. The molecule has 0 aliphatic carbocycles. The van der Waals surface area contributed by atoms with Crippen LogP contribution in [0, 0.1) is 0 Å². The molecule has 2 aromatic rings. The number of carbonyl (C=O) groups is 1. The monoisotopic (exact) mass is 356 g/mol. The Kier molecular flexibility index (Phi) is 5.85. The fraction of sp³-hybridized carbons (Fsp3) is 0.235. The fourth-order valence-corrected chi connectivity index (χ4v) is 2.38. The topological polar surface area (TPSA) is 41.1 Å². The van der Waals surface area contributed by atoms with Crippen LogP contribution in [-0.2, 0) is 11.0 Å². The van der Waals surface area contributed by atoms with E-state index >= 15 is 0 Å². The van der Waals surface area contributed by atoms with Gasteiger partial charge in [0.05, 0.1) is 16.3 Å². The molecule has 0 bridgehead atoms. The van der Waals surface area contributed by atoms with Crippen molar-refractivity contribution in [2.75, 3.05) is 11.9 Å². The van der Waals surface area contributed by atoms with Crippen LogP contribution in [0.4, 0.5) is 18.9 Å². The summed E-state index contributed by atoms with van der Waals surface area (Å²) in [4.78, 5) is 12.5. The van der Waals surface area contributed by atoms with Crippen LogP contribution in [-0.4, -0.2) is 12.5 Å². The third kappa shape index (κ3) is 4.49. The molecule has 0 saturated carbocycles. The summed E-state index contributed by atoms with van der Waals surface area (Å²) in [6.07, 6.45) is -4.51. The van der Waals surface area contributed by atoms with Gasteiger partial charge in [0, 0.05) is 0 Å². The van der Waals surface area contributed by atoms with E-state index in [0.29, 0.717) is 12.1 Å². The van der Waals surface area contributed by atoms with Gasteiger partial charge in [-0.15, -0.1) is 0 Å². The van der Waals surface area contributed by atoms with Crippen molar-refractivity contribution in [3.8, 4) is 0 Å². The van der Waals surface area contributed by atoms with Crippen molar-refractivity contribution in [3.05, 3.63) is 64.7 Å². The van der Waals surface area contributed by atoms with Gasteiger partial charge in [-0.25, -0.2) is 0 Å². The third-order valence-corrected chi connectivity index (χ3v) is 3.68. The minimum atomic E-state index is -4.51. The lowest BCUT2D eigenvalue weighted by Gasteiger charge is -2.19. The van der Waals surface area contributed by atoms with Crippen molar-refractivity contribution < 1.29 is 18.0 Å². The molecular weight excluding hydrogens is 341 g/mol. The van der Waals surface area contributed by atoms with Gasteiger partial charge in [-0.1, -0.05) is 48.9 Å². The number of alkyl halides is 3. The molecule has 128 valence electrons. The first-order valence-corrected chi connectivity index (χ1v) is 7.66. The number of hydrogen-bond acceptors (Lipinski definition) is 2. The van der Waals surface area contributed by atoms with Crippen LogP contribution in [0.2, 0.25) is 5.02 Å². The number of benzene rings is 2. The summed E-state index contributed by atoms with van der Waals surface area (Å²) >= 11 is 5.92. The summed E-state index contributed by atoms with van der Waals surface area (Å²) in [5.41, 5.74) is -0.239. The Labute approximate surface area is 142 Å². The molecular formula is C17H16ClF3N2O. The van der Waals surface area contributed by atoms with Gasteiger partial charge in [-0.05, 0) is 30.3 Å². The summed E-state index contributed by atoms with van der Waals surface area (Å²) in [6, 6.07) is 11.0. The van der Waals surface area contributed by atoms with Crippen molar-refractivity contribution >= 4 is 23.2 Å². The lowest BCUT2D eigenvalue weighted by atomic mass is 10.1. The predicted octanol–water partition coefficient (Wildman–Crippen LogP) is 4.65. The zero-order valence-corrected chi connectivity index (χ0v) is 13.6. The highest BCUT2D eigenvalue weighted by Gasteiger charge is 2.31. The Hall–Kier alpha value is -2.05. The maximum atomic E-state index is 12.8. The van der Waals surface area contributed by atoms with E-state index in [1.807, 2.05) is 13.0 Å². The summed E-state index contributed by atoms with van der Waals surface area (Å²) in [6.45, 7) is 2.35. The second-order valence-corrected chi connectivity index (χ2v) is 5.49. The summed E-state index contributed by atoms with van der Waals surface area (Å²) in [5.74, 6) is -0.482. The lowest BCUT2D eigenvalue weighted by molar-refractivity contribution is -0.137. The van der Waals surface area contributed by atoms with Gasteiger partial charge in [0.1, 0.15) is 6.04 Å². The molecule has 24 heavy (non-hydrogen) atoms. The number of halogens is 4. The Morgan fingerprint density at radius 2 is 1.83 bits per heavy atom. The molecule has 0 aromatic heterocycles. The minimum absolute atomic E-state index is 0.0414. The number of hydrogen-bond donors (Lipinski definition) is 2. The molecule has 0 aliphatic heterocycles. The number of likely N-dealkylation sites (N-methyl/N-ethyl adjacent to an activating group) is 1. The van der Waals surface area contributed by atoms with Crippen molar-refractivity contribution in [1.29, 1.82) is 0 Å². The number of nitrogens with one attached hydrogen (secondary N) is 2. The second-order valence-electron chi connectivity index (χ2n) is 5.08. The van der Waals surface area contributed by atoms with E-state index in [1.165, 1.54) is 0 Å². The van der Waals surface area contributed by atoms with Crippen molar-refractivity contribution in [3.63, 3.8) is 0 Å². The van der Waals surface area contributed by atoms with Crippen LogP contribution in [0.1, 0.15) is 24.1 Å². The third-order valence-electron chi connectivity index (χ3n) is 3.35. The molecule has 0 saturated heterocycles. The Bertz CT molecular complexity index is 705. The van der Waals surface area contributed by atoms with Gasteiger partial charge in [0.2, 0.25) is 5.91 Å². The standard InChI is InChI=1S/C17H16ClF3N2O/c1-2-22-15(11-6-4-3-5-7-11)16(24)23-14-10-12(17(19,20)21)8-9-13(14)18/h3-10,15,22H,2H2,1H3,(H,23,24)/t15-/m1/s1. The molecule has 1 atom stereocenters. The second kappa shape index (κ2) is 7.68. The van der Waals surface area contributed by atoms with Crippen LogP contribution in [0.25, 0.3) is 0 Å². The van der Waals surface area contributed by atoms with E-state index < -0.39 is 23.7 Å². The van der Waals surface area contributed by atoms with Crippen LogP contribution in [0.3, 0.4) is 0 Å². The van der Waals surface area contributed by atoms with Gasteiger partial charge < -0.3 is 10.6 Å². The molecule has 0 radical (unpaired) electrons. The van der Waals surface area contributed by atoms with Gasteiger partial charge >= 0.3 is 6.18 Å². The van der Waals surface area contributed by atoms with Gasteiger partial charge in [-0.2, -0.15) is 13.2 Å². The van der Waals surface area contributed by atoms with Gasteiger partial charge in [-0.3, -0.25) is 4.79 Å². The average Bonchev–Trinajstić information content (AvgIpc) is 2.54. The Balaban J connectivity index is 2.27. The first-order valence-electron chi connectivity index (χ1n) is 7.29. The molecule has 2 aromatic carbocycles. The van der Waals surface area contributed by atoms with E-state index in [-0.39, 0.29) is 10.7 Å². The van der Waals surface area contributed by atoms with Crippen LogP contribution in [0.5, 0.6) is 0 Å². The molecule has 0 unspecified atom stereocenters. The molecule has 0 spiro atoms. The minimum Gasteiger partial charge on any atom is -0.323 e. The SMILES string of the molecule is CCN[C@@H](C(=O)Nc1cc(C(F)(F)F)ccc1Cl)c1ccccc1. The first-order chi connectivity index (χ1) is 11.3. The zero-order valence-electron chi connectivity index (χ0n) is 12.8. The smallest absolute Gasteiger partial charge is 0.323 e. The number of amides is 1. The normalized spacial score (nSPS) is 12.7. The number of rotatable bonds is 5. The Morgan fingerprint density at radius 1 is 1.17 bits per heavy atom. The van der Waals surface area contributed by atoms with E-state index in [9.17, 15) is 18.0 Å². The zero-order chi connectivity index (χ0) is 17.7. The summed E-state index contributed by atoms with van der Waals surface area (Å²) in [5, 5.41) is 5.52. The van der Waals surface area contributed by atoms with Gasteiger partial charge in [0.25, 0.3) is 0 Å². The fourth-order valence-electron chi connectivity index (χ4n) is 2.21. The van der Waals surface area contributed by atoms with E-state index in [2.05, 4.69) is 10.6 Å². The van der Waals surface area contributed by atoms with Crippen LogP contribution < -0.4 is 10.6 Å². The molecule has 0 heterocycles. The van der Waals surface area contributed by atoms with Crippen molar-refractivity contribution in [2.24, 2.45) is 0 Å². The van der Waals surface area contributed by atoms with E-state index in [0.717, 1.165) is 18.2 Å². The van der Waals surface area contributed by atoms with Crippen molar-refractivity contribution in [2.45, 2.75) is 19.1 Å². The summed E-state index contributed by atoms with van der Waals surface area (Å²) < 4.78 is 38.4. The highest BCUT2D eigenvalue weighted by molar-refractivity contribution is 6.33. The molecule has 7 heteroatoms.